The Morgan fingerprint density at radius 1 is 1.39 bits per heavy atom. The Balaban J connectivity index is 2.74. The molecule has 4 heteroatoms. The second-order valence-corrected chi connectivity index (χ2v) is 4.97. The van der Waals surface area contributed by atoms with Crippen LogP contribution in [0.3, 0.4) is 0 Å². The summed E-state index contributed by atoms with van der Waals surface area (Å²) >= 11 is 0. The van der Waals surface area contributed by atoms with E-state index in [-0.39, 0.29) is 6.10 Å². The number of aromatic nitrogens is 1. The molecule has 0 aliphatic heterocycles. The van der Waals surface area contributed by atoms with Gasteiger partial charge in [-0.2, -0.15) is 0 Å². The van der Waals surface area contributed by atoms with Crippen LogP contribution in [0.15, 0.2) is 18.5 Å². The molecule has 102 valence electrons. The van der Waals surface area contributed by atoms with Crippen LogP contribution < -0.4 is 10.2 Å². The quantitative estimate of drug-likeness (QED) is 0.805. The van der Waals surface area contributed by atoms with Gasteiger partial charge >= 0.3 is 0 Å². The monoisotopic (exact) mass is 251 g/mol. The largest absolute Gasteiger partial charge is 0.380 e. The van der Waals surface area contributed by atoms with Gasteiger partial charge in [-0.05, 0) is 18.6 Å². The predicted molar refractivity (Wildman–Crippen MR) is 76.0 cm³/mol. The van der Waals surface area contributed by atoms with Gasteiger partial charge in [0.05, 0.1) is 18.0 Å². The van der Waals surface area contributed by atoms with Crippen molar-refractivity contribution < 1.29 is 4.74 Å². The molecule has 0 saturated carbocycles. The standard InChI is InChI=1S/C14H25N3O/c1-11(2)16-8-13-6-7-15-9-14(13)17(4)10-12(3)18-5/h6-7,9,11-12,16H,8,10H2,1-5H3. The van der Waals surface area contributed by atoms with Crippen molar-refractivity contribution in [1.82, 2.24) is 10.3 Å². The normalized spacial score (nSPS) is 12.8. The number of hydrogen-bond donors (Lipinski definition) is 1. The maximum absolute atomic E-state index is 5.30. The molecular weight excluding hydrogens is 226 g/mol. The minimum atomic E-state index is 0.209. The number of anilines is 1. The fraction of sp³-hybridized carbons (Fsp3) is 0.643. The molecule has 0 aliphatic rings. The van der Waals surface area contributed by atoms with Gasteiger partial charge in [0, 0.05) is 39.5 Å². The van der Waals surface area contributed by atoms with E-state index < -0.39 is 0 Å². The van der Waals surface area contributed by atoms with Crippen molar-refractivity contribution in [2.75, 3.05) is 25.6 Å². The van der Waals surface area contributed by atoms with Crippen molar-refractivity contribution in [1.29, 1.82) is 0 Å². The minimum absolute atomic E-state index is 0.209. The first-order valence-corrected chi connectivity index (χ1v) is 6.44. The van der Waals surface area contributed by atoms with Crippen molar-refractivity contribution in [3.8, 4) is 0 Å². The zero-order valence-corrected chi connectivity index (χ0v) is 12.1. The Morgan fingerprint density at radius 3 is 2.72 bits per heavy atom. The van der Waals surface area contributed by atoms with Crippen LogP contribution in [-0.2, 0) is 11.3 Å². The van der Waals surface area contributed by atoms with Crippen LogP contribution in [0, 0.1) is 0 Å². The van der Waals surface area contributed by atoms with E-state index in [0.29, 0.717) is 6.04 Å². The highest BCUT2D eigenvalue weighted by Crippen LogP contribution is 2.18. The maximum Gasteiger partial charge on any atom is 0.0717 e. The summed E-state index contributed by atoms with van der Waals surface area (Å²) in [4.78, 5) is 6.41. The van der Waals surface area contributed by atoms with Gasteiger partial charge in [-0.3, -0.25) is 4.98 Å². The molecule has 1 aromatic heterocycles. The number of methoxy groups -OCH3 is 1. The van der Waals surface area contributed by atoms with Crippen LogP contribution in [0.25, 0.3) is 0 Å². The lowest BCUT2D eigenvalue weighted by Gasteiger charge is -2.25. The molecule has 1 atom stereocenters. The second-order valence-electron chi connectivity index (χ2n) is 4.97. The molecule has 0 aromatic carbocycles. The molecule has 1 N–H and O–H groups in total. The summed E-state index contributed by atoms with van der Waals surface area (Å²) in [5.41, 5.74) is 2.43. The zero-order chi connectivity index (χ0) is 13.5. The van der Waals surface area contributed by atoms with Gasteiger partial charge in [0.25, 0.3) is 0 Å². The third kappa shape index (κ3) is 4.63. The molecule has 1 heterocycles. The third-order valence-electron chi connectivity index (χ3n) is 2.93. The van der Waals surface area contributed by atoms with Crippen LogP contribution in [-0.4, -0.2) is 37.8 Å². The van der Waals surface area contributed by atoms with E-state index in [0.717, 1.165) is 18.8 Å². The summed E-state index contributed by atoms with van der Waals surface area (Å²) < 4.78 is 5.30. The summed E-state index contributed by atoms with van der Waals surface area (Å²) in [6, 6.07) is 2.55. The van der Waals surface area contributed by atoms with E-state index in [1.807, 2.05) is 12.4 Å². The van der Waals surface area contributed by atoms with Gasteiger partial charge in [-0.15, -0.1) is 0 Å². The van der Waals surface area contributed by atoms with Crippen molar-refractivity contribution in [3.63, 3.8) is 0 Å². The lowest BCUT2D eigenvalue weighted by atomic mass is 10.2. The molecular formula is C14H25N3O. The van der Waals surface area contributed by atoms with E-state index in [9.17, 15) is 0 Å². The van der Waals surface area contributed by atoms with Crippen LogP contribution in [0.5, 0.6) is 0 Å². The highest BCUT2D eigenvalue weighted by atomic mass is 16.5. The van der Waals surface area contributed by atoms with Crippen LogP contribution >= 0.6 is 0 Å². The van der Waals surface area contributed by atoms with E-state index in [1.165, 1.54) is 5.56 Å². The summed E-state index contributed by atoms with van der Waals surface area (Å²) in [5.74, 6) is 0. The summed E-state index contributed by atoms with van der Waals surface area (Å²) in [6.07, 6.45) is 3.97. The van der Waals surface area contributed by atoms with Gasteiger partial charge in [-0.25, -0.2) is 0 Å². The molecule has 0 aliphatic carbocycles. The number of nitrogens with one attached hydrogen (secondary N) is 1. The number of likely N-dealkylation sites (N-methyl/N-ethyl adjacent to an activating group) is 1. The third-order valence-corrected chi connectivity index (χ3v) is 2.93. The molecule has 0 bridgehead atoms. The first-order chi connectivity index (χ1) is 8.54. The van der Waals surface area contributed by atoms with E-state index >= 15 is 0 Å². The first-order valence-electron chi connectivity index (χ1n) is 6.44. The van der Waals surface area contributed by atoms with Crippen molar-refractivity contribution in [2.45, 2.75) is 39.5 Å². The second kappa shape index (κ2) is 7.34. The van der Waals surface area contributed by atoms with Gasteiger partial charge in [0.2, 0.25) is 0 Å². The topological polar surface area (TPSA) is 37.4 Å². The maximum atomic E-state index is 5.30. The smallest absolute Gasteiger partial charge is 0.0717 e. The molecule has 1 aromatic rings. The van der Waals surface area contributed by atoms with Gasteiger partial charge < -0.3 is 15.0 Å². The molecule has 1 unspecified atom stereocenters. The Kier molecular flexibility index (Phi) is 6.09. The Bertz CT molecular complexity index is 355. The average molecular weight is 251 g/mol. The first kappa shape index (κ1) is 14.9. The molecule has 0 saturated heterocycles. The summed E-state index contributed by atoms with van der Waals surface area (Å²) in [6.45, 7) is 8.09. The zero-order valence-electron chi connectivity index (χ0n) is 12.1. The van der Waals surface area contributed by atoms with Crippen molar-refractivity contribution in [2.24, 2.45) is 0 Å². The Morgan fingerprint density at radius 2 is 2.11 bits per heavy atom. The van der Waals surface area contributed by atoms with Gasteiger partial charge in [-0.1, -0.05) is 13.8 Å². The van der Waals surface area contributed by atoms with Crippen LogP contribution in [0.4, 0.5) is 5.69 Å². The van der Waals surface area contributed by atoms with Crippen molar-refractivity contribution in [3.05, 3.63) is 24.0 Å². The molecule has 0 fully saturated rings. The molecule has 1 rings (SSSR count). The van der Waals surface area contributed by atoms with Gasteiger partial charge in [0.15, 0.2) is 0 Å². The SMILES string of the molecule is COC(C)CN(C)c1cnccc1CNC(C)C. The van der Waals surface area contributed by atoms with E-state index in [1.54, 1.807) is 7.11 Å². The van der Waals surface area contributed by atoms with E-state index in [4.69, 9.17) is 4.74 Å². The highest BCUT2D eigenvalue weighted by molar-refractivity contribution is 5.51. The molecule has 0 spiro atoms. The van der Waals surface area contributed by atoms with E-state index in [2.05, 4.69) is 49.1 Å². The lowest BCUT2D eigenvalue weighted by Crippen LogP contribution is -2.30. The fourth-order valence-corrected chi connectivity index (χ4v) is 1.78. The molecule has 0 radical (unpaired) electrons. The number of ether oxygens (including phenoxy) is 1. The number of pyridine rings is 1. The highest BCUT2D eigenvalue weighted by Gasteiger charge is 2.10. The summed E-state index contributed by atoms with van der Waals surface area (Å²) in [5, 5.41) is 3.44. The predicted octanol–water partition coefficient (Wildman–Crippen LogP) is 2.05. The average Bonchev–Trinajstić information content (AvgIpc) is 2.36. The lowest BCUT2D eigenvalue weighted by molar-refractivity contribution is 0.124. The Labute approximate surface area is 110 Å². The summed E-state index contributed by atoms with van der Waals surface area (Å²) in [7, 11) is 3.81. The molecule has 0 amide bonds. The number of nitrogens with zero attached hydrogens (tertiary/aromatic N) is 2. The minimum Gasteiger partial charge on any atom is -0.380 e. The van der Waals surface area contributed by atoms with Gasteiger partial charge in [0.1, 0.15) is 0 Å². The van der Waals surface area contributed by atoms with Crippen molar-refractivity contribution >= 4 is 5.69 Å². The molecule has 4 nitrogen and oxygen atoms in total. The number of rotatable bonds is 7. The Hall–Kier alpha value is -1.13. The molecule has 18 heavy (non-hydrogen) atoms. The number of hydrogen-bond acceptors (Lipinski definition) is 4. The fourth-order valence-electron chi connectivity index (χ4n) is 1.78. The van der Waals surface area contributed by atoms with Crippen LogP contribution in [0.2, 0.25) is 0 Å². The van der Waals surface area contributed by atoms with Crippen LogP contribution in [0.1, 0.15) is 26.3 Å².